The summed E-state index contributed by atoms with van der Waals surface area (Å²) in [5.74, 6) is -0.441. The number of nitrogens with one attached hydrogen (secondary N) is 3. The lowest BCUT2D eigenvalue weighted by Gasteiger charge is -2.29. The number of nitrogens with zero attached hydrogens (tertiary/aromatic N) is 1. The van der Waals surface area contributed by atoms with E-state index in [1.54, 1.807) is 36.4 Å². The van der Waals surface area contributed by atoms with Gasteiger partial charge >= 0.3 is 6.03 Å². The lowest BCUT2D eigenvalue weighted by molar-refractivity contribution is -0.115. The normalized spacial score (nSPS) is 16.8. The summed E-state index contributed by atoms with van der Waals surface area (Å²) in [6, 6.07) is 19.5. The average molecular weight is 412 g/mol. The van der Waals surface area contributed by atoms with Crippen LogP contribution in [0.25, 0.3) is 0 Å². The molecule has 0 saturated heterocycles. The van der Waals surface area contributed by atoms with E-state index in [9.17, 15) is 14.4 Å². The fourth-order valence-corrected chi connectivity index (χ4v) is 4.21. The number of carbonyl (C=O) groups excluding carboxylic acids is 3. The van der Waals surface area contributed by atoms with Crippen molar-refractivity contribution in [2.75, 3.05) is 22.1 Å². The molecule has 2 aliphatic rings. The fourth-order valence-electron chi connectivity index (χ4n) is 4.21. The van der Waals surface area contributed by atoms with Crippen LogP contribution in [0.5, 0.6) is 0 Å². The maximum absolute atomic E-state index is 13.2. The smallest absolute Gasteiger partial charge is 0.326 e. The van der Waals surface area contributed by atoms with Crippen LogP contribution in [0.15, 0.2) is 66.7 Å². The standard InChI is InChI=1S/C24H20N4O3/c1-14-7-2-3-8-15(14)22-21-16(23(30)27-22)9-6-11-18(21)26-24(31)28-13-20(29)25-17-10-4-5-12-19(17)28/h2-12,22H,13H2,1H3,(H,25,29)(H,26,31)(H,27,30). The van der Waals surface area contributed by atoms with Gasteiger partial charge in [-0.05, 0) is 42.3 Å². The molecule has 3 aromatic carbocycles. The molecule has 0 radical (unpaired) electrons. The number of benzene rings is 3. The first-order valence-corrected chi connectivity index (χ1v) is 9.99. The Labute approximate surface area is 179 Å². The summed E-state index contributed by atoms with van der Waals surface area (Å²) in [5, 5.41) is 8.73. The predicted molar refractivity (Wildman–Crippen MR) is 118 cm³/mol. The minimum absolute atomic E-state index is 0.0870. The molecule has 1 unspecified atom stereocenters. The summed E-state index contributed by atoms with van der Waals surface area (Å²) in [6.45, 7) is 1.90. The molecule has 0 saturated carbocycles. The van der Waals surface area contributed by atoms with Gasteiger partial charge in [-0.3, -0.25) is 14.5 Å². The Kier molecular flexibility index (Phi) is 4.43. The highest BCUT2D eigenvalue weighted by molar-refractivity contribution is 6.13. The van der Waals surface area contributed by atoms with Gasteiger partial charge in [-0.15, -0.1) is 0 Å². The summed E-state index contributed by atoms with van der Waals surface area (Å²) in [4.78, 5) is 39.3. The van der Waals surface area contributed by atoms with Crippen LogP contribution in [0, 0.1) is 6.92 Å². The van der Waals surface area contributed by atoms with Crippen LogP contribution >= 0.6 is 0 Å². The third-order valence-electron chi connectivity index (χ3n) is 5.67. The molecule has 2 aliphatic heterocycles. The first kappa shape index (κ1) is 18.9. The molecule has 0 bridgehead atoms. The van der Waals surface area contributed by atoms with E-state index in [0.29, 0.717) is 22.6 Å². The summed E-state index contributed by atoms with van der Waals surface area (Å²) in [7, 11) is 0. The maximum Gasteiger partial charge on any atom is 0.326 e. The molecule has 7 heteroatoms. The van der Waals surface area contributed by atoms with Crippen molar-refractivity contribution >= 4 is 34.9 Å². The molecule has 0 spiro atoms. The van der Waals surface area contributed by atoms with E-state index in [-0.39, 0.29) is 24.4 Å². The van der Waals surface area contributed by atoms with Gasteiger partial charge in [-0.1, -0.05) is 42.5 Å². The van der Waals surface area contributed by atoms with Crippen molar-refractivity contribution in [3.8, 4) is 0 Å². The predicted octanol–water partition coefficient (Wildman–Crippen LogP) is 3.82. The molecule has 3 aromatic rings. The summed E-state index contributed by atoms with van der Waals surface area (Å²) in [6.07, 6.45) is 0. The lowest BCUT2D eigenvalue weighted by atomic mass is 9.94. The van der Waals surface area contributed by atoms with Gasteiger partial charge in [0.2, 0.25) is 5.91 Å². The molecule has 154 valence electrons. The highest BCUT2D eigenvalue weighted by Crippen LogP contribution is 2.38. The number of hydrogen-bond acceptors (Lipinski definition) is 3. The zero-order chi connectivity index (χ0) is 21.5. The van der Waals surface area contributed by atoms with Crippen LogP contribution in [0.2, 0.25) is 0 Å². The Hall–Kier alpha value is -4.13. The molecule has 0 aromatic heterocycles. The van der Waals surface area contributed by atoms with Gasteiger partial charge in [0.15, 0.2) is 0 Å². The topological polar surface area (TPSA) is 90.5 Å². The third-order valence-corrected chi connectivity index (χ3v) is 5.67. The molecule has 0 fully saturated rings. The van der Waals surface area contributed by atoms with Gasteiger partial charge < -0.3 is 16.0 Å². The summed E-state index contributed by atoms with van der Waals surface area (Å²) >= 11 is 0. The van der Waals surface area contributed by atoms with E-state index in [2.05, 4.69) is 16.0 Å². The van der Waals surface area contributed by atoms with Crippen molar-refractivity contribution in [3.63, 3.8) is 0 Å². The number of hydrogen-bond donors (Lipinski definition) is 3. The van der Waals surface area contributed by atoms with E-state index in [1.165, 1.54) is 4.90 Å². The van der Waals surface area contributed by atoms with Gasteiger partial charge in [0.1, 0.15) is 6.54 Å². The number of rotatable bonds is 2. The van der Waals surface area contributed by atoms with Crippen molar-refractivity contribution in [1.82, 2.24) is 5.32 Å². The van der Waals surface area contributed by atoms with Gasteiger partial charge in [0, 0.05) is 16.8 Å². The highest BCUT2D eigenvalue weighted by atomic mass is 16.2. The van der Waals surface area contributed by atoms with Crippen molar-refractivity contribution < 1.29 is 14.4 Å². The quantitative estimate of drug-likeness (QED) is 0.598. The first-order valence-electron chi connectivity index (χ1n) is 9.99. The number of anilines is 3. The molecule has 7 nitrogen and oxygen atoms in total. The minimum atomic E-state index is -0.432. The zero-order valence-corrected chi connectivity index (χ0v) is 16.8. The Bertz CT molecular complexity index is 1240. The number of para-hydroxylation sites is 2. The van der Waals surface area contributed by atoms with Crippen LogP contribution < -0.4 is 20.9 Å². The van der Waals surface area contributed by atoms with Gasteiger partial charge in [-0.25, -0.2) is 4.79 Å². The number of urea groups is 1. The Morgan fingerprint density at radius 2 is 1.77 bits per heavy atom. The number of fused-ring (bicyclic) bond motifs is 2. The minimum Gasteiger partial charge on any atom is -0.341 e. The third kappa shape index (κ3) is 3.20. The highest BCUT2D eigenvalue weighted by Gasteiger charge is 2.34. The van der Waals surface area contributed by atoms with Crippen LogP contribution in [0.1, 0.15) is 33.1 Å². The molecule has 0 aliphatic carbocycles. The van der Waals surface area contributed by atoms with Crippen molar-refractivity contribution in [2.24, 2.45) is 0 Å². The molecule has 1 atom stereocenters. The number of amides is 4. The molecule has 2 heterocycles. The molecule has 3 N–H and O–H groups in total. The fraction of sp³-hybridized carbons (Fsp3) is 0.125. The van der Waals surface area contributed by atoms with Gasteiger partial charge in [0.05, 0.1) is 17.4 Å². The second kappa shape index (κ2) is 7.28. The summed E-state index contributed by atoms with van der Waals surface area (Å²) in [5.41, 5.74) is 5.02. The van der Waals surface area contributed by atoms with Crippen molar-refractivity contribution in [2.45, 2.75) is 13.0 Å². The number of carbonyl (C=O) groups is 3. The van der Waals surface area contributed by atoms with Crippen LogP contribution in [-0.4, -0.2) is 24.4 Å². The van der Waals surface area contributed by atoms with Crippen LogP contribution in [0.3, 0.4) is 0 Å². The maximum atomic E-state index is 13.2. The van der Waals surface area contributed by atoms with E-state index in [1.807, 2.05) is 37.3 Å². The van der Waals surface area contributed by atoms with Crippen LogP contribution in [0.4, 0.5) is 21.9 Å². The Balaban J connectivity index is 1.52. The molecular weight excluding hydrogens is 392 g/mol. The van der Waals surface area contributed by atoms with Gasteiger partial charge in [-0.2, -0.15) is 0 Å². The summed E-state index contributed by atoms with van der Waals surface area (Å²) < 4.78 is 0. The largest absolute Gasteiger partial charge is 0.341 e. The molecule has 31 heavy (non-hydrogen) atoms. The second-order valence-corrected chi connectivity index (χ2v) is 7.61. The average Bonchev–Trinajstić information content (AvgIpc) is 3.11. The van der Waals surface area contributed by atoms with Crippen molar-refractivity contribution in [1.29, 1.82) is 0 Å². The lowest BCUT2D eigenvalue weighted by Crippen LogP contribution is -2.44. The Morgan fingerprint density at radius 1 is 1.00 bits per heavy atom. The van der Waals surface area contributed by atoms with Crippen molar-refractivity contribution in [3.05, 3.63) is 89.0 Å². The number of aryl methyl sites for hydroxylation is 1. The van der Waals surface area contributed by atoms with E-state index in [0.717, 1.165) is 16.7 Å². The molecule has 4 amide bonds. The van der Waals surface area contributed by atoms with Gasteiger partial charge in [0.25, 0.3) is 5.91 Å². The first-order chi connectivity index (χ1) is 15.0. The zero-order valence-electron chi connectivity index (χ0n) is 16.8. The monoisotopic (exact) mass is 412 g/mol. The van der Waals surface area contributed by atoms with E-state index >= 15 is 0 Å². The molecule has 5 rings (SSSR count). The Morgan fingerprint density at radius 3 is 2.61 bits per heavy atom. The SMILES string of the molecule is Cc1ccccc1C1NC(=O)c2cccc(NC(=O)N3CC(=O)Nc4ccccc43)c21. The molecular formula is C24H20N4O3. The second-order valence-electron chi connectivity index (χ2n) is 7.61. The van der Waals surface area contributed by atoms with Crippen LogP contribution in [-0.2, 0) is 4.79 Å². The van der Waals surface area contributed by atoms with E-state index < -0.39 is 6.03 Å². The van der Waals surface area contributed by atoms with E-state index in [4.69, 9.17) is 0 Å².